The van der Waals surface area contributed by atoms with Gasteiger partial charge in [-0.1, -0.05) is 84.5 Å². The van der Waals surface area contributed by atoms with Crippen molar-refractivity contribution in [2.24, 2.45) is 5.92 Å². The van der Waals surface area contributed by atoms with E-state index in [2.05, 4.69) is 6.92 Å². The third kappa shape index (κ3) is 11.9. The molecule has 2 atom stereocenters. The van der Waals surface area contributed by atoms with Crippen molar-refractivity contribution < 1.29 is 91.9 Å². The molecule has 0 heterocycles. The van der Waals surface area contributed by atoms with Crippen molar-refractivity contribution in [1.29, 1.82) is 0 Å². The predicted octanol–water partition coefficient (Wildman–Crippen LogP) is -4.15. The number of aliphatic carboxylic acids is 2. The maximum atomic E-state index is 12.0. The molecule has 0 radical (unpaired) electrons. The standard InChI is InChI=1S/C19H36O7S.2Na/c1-3-5-7-8-9-10-11-13-15-19(18(22)23,27(24,25)26)16(17(20)21)14-12-6-4-2;;/h16H,3-15H2,1-2H3,(H,20,21)(H,22,23)(H,24,25,26);;/q;2*+1/p-2. The van der Waals surface area contributed by atoms with Crippen molar-refractivity contribution in [2.75, 3.05) is 0 Å². The minimum Gasteiger partial charge on any atom is -0.550 e. The number of unbranched alkanes of at least 4 members (excludes halogenated alkanes) is 9. The van der Waals surface area contributed by atoms with Gasteiger partial charge in [-0.15, -0.1) is 0 Å². The van der Waals surface area contributed by atoms with Gasteiger partial charge in [-0.05, 0) is 12.8 Å². The second-order valence-electron chi connectivity index (χ2n) is 7.24. The maximum absolute atomic E-state index is 12.0. The Labute approximate surface area is 220 Å². The molecule has 0 aliphatic rings. The summed E-state index contributed by atoms with van der Waals surface area (Å²) in [5.74, 6) is -5.69. The molecule has 2 unspecified atom stereocenters. The van der Waals surface area contributed by atoms with Gasteiger partial charge < -0.3 is 19.8 Å². The van der Waals surface area contributed by atoms with Crippen LogP contribution in [0, 0.1) is 5.92 Å². The van der Waals surface area contributed by atoms with Crippen molar-refractivity contribution in [3.05, 3.63) is 0 Å². The SMILES string of the molecule is CCCCCCCCCCC(C(=O)[O-])(C(CCCCC)C(=O)[O-])S(=O)(=O)O.[Na+].[Na+]. The molecule has 0 rings (SSSR count). The van der Waals surface area contributed by atoms with Gasteiger partial charge in [-0.25, -0.2) is 0 Å². The third-order valence-corrected chi connectivity index (χ3v) is 6.73. The largest absolute Gasteiger partial charge is 1.00 e. The molecule has 0 aromatic heterocycles. The van der Waals surface area contributed by atoms with E-state index in [1.54, 1.807) is 0 Å². The molecule has 0 saturated carbocycles. The quantitative estimate of drug-likeness (QED) is 0.134. The molecule has 0 amide bonds. The second-order valence-corrected chi connectivity index (χ2v) is 8.92. The summed E-state index contributed by atoms with van der Waals surface area (Å²) in [6, 6.07) is 0. The van der Waals surface area contributed by atoms with E-state index in [4.69, 9.17) is 0 Å². The van der Waals surface area contributed by atoms with Crippen molar-refractivity contribution in [1.82, 2.24) is 0 Å². The number of carbonyl (C=O) groups excluding carboxylic acids is 2. The minimum atomic E-state index is -5.19. The Morgan fingerprint density at radius 3 is 1.62 bits per heavy atom. The molecule has 0 aliphatic carbocycles. The third-order valence-electron chi connectivity index (χ3n) is 5.15. The Hall–Kier alpha value is 0.850. The molecule has 160 valence electrons. The van der Waals surface area contributed by atoms with E-state index < -0.39 is 39.1 Å². The van der Waals surface area contributed by atoms with E-state index in [9.17, 15) is 32.8 Å². The first-order valence-electron chi connectivity index (χ1n) is 10.0. The molecule has 0 spiro atoms. The van der Waals surface area contributed by atoms with E-state index >= 15 is 0 Å². The maximum Gasteiger partial charge on any atom is 1.00 e. The molecule has 29 heavy (non-hydrogen) atoms. The number of hydrogen-bond donors (Lipinski definition) is 1. The van der Waals surface area contributed by atoms with Crippen LogP contribution in [0.25, 0.3) is 0 Å². The van der Waals surface area contributed by atoms with Crippen LogP contribution in [0.2, 0.25) is 0 Å². The molecule has 0 fully saturated rings. The van der Waals surface area contributed by atoms with Gasteiger partial charge in [0.1, 0.15) is 4.75 Å². The number of carboxylic acid groups (broad SMARTS) is 2. The van der Waals surface area contributed by atoms with Crippen molar-refractivity contribution in [2.45, 2.75) is 102 Å². The van der Waals surface area contributed by atoms with Crippen LogP contribution in [-0.2, 0) is 19.7 Å². The Balaban J connectivity index is -0.00000338. The number of carbonyl (C=O) groups is 2. The molecule has 7 nitrogen and oxygen atoms in total. The van der Waals surface area contributed by atoms with Crippen LogP contribution in [-0.4, -0.2) is 29.7 Å². The molecule has 1 N–H and O–H groups in total. The zero-order valence-electron chi connectivity index (χ0n) is 18.6. The molecule has 0 aliphatic heterocycles. The summed E-state index contributed by atoms with van der Waals surface area (Å²) < 4.78 is 30.7. The molecular weight excluding hydrogens is 418 g/mol. The van der Waals surface area contributed by atoms with E-state index in [1.807, 2.05) is 6.92 Å². The normalized spacial score (nSPS) is 14.2. The molecule has 0 saturated heterocycles. The Morgan fingerprint density at radius 2 is 1.24 bits per heavy atom. The smallest absolute Gasteiger partial charge is 0.550 e. The molecule has 0 aromatic carbocycles. The fourth-order valence-electron chi connectivity index (χ4n) is 3.49. The summed E-state index contributed by atoms with van der Waals surface area (Å²) in [6.45, 7) is 3.99. The molecule has 0 bridgehead atoms. The Kier molecular flexibility index (Phi) is 21.9. The number of rotatable bonds is 17. The topological polar surface area (TPSA) is 135 Å². The zero-order valence-corrected chi connectivity index (χ0v) is 23.4. The summed E-state index contributed by atoms with van der Waals surface area (Å²) in [5, 5.41) is 23.3. The Morgan fingerprint density at radius 1 is 0.828 bits per heavy atom. The minimum absolute atomic E-state index is 0. The number of carboxylic acids is 2. The zero-order chi connectivity index (χ0) is 20.9. The Bertz CT molecular complexity index is 555. The summed E-state index contributed by atoms with van der Waals surface area (Å²) in [5.41, 5.74) is 0. The van der Waals surface area contributed by atoms with Gasteiger partial charge in [0.25, 0.3) is 10.1 Å². The van der Waals surface area contributed by atoms with Gasteiger partial charge in [0.2, 0.25) is 0 Å². The van der Waals surface area contributed by atoms with Crippen LogP contribution in [0.5, 0.6) is 0 Å². The average molecular weight is 453 g/mol. The van der Waals surface area contributed by atoms with Gasteiger partial charge in [-0.3, -0.25) is 4.55 Å². The fourth-order valence-corrected chi connectivity index (χ4v) is 4.68. The molecule has 10 heteroatoms. The number of hydrogen-bond acceptors (Lipinski definition) is 6. The second kappa shape index (κ2) is 18.4. The summed E-state index contributed by atoms with van der Waals surface area (Å²) >= 11 is 0. The first-order chi connectivity index (χ1) is 12.6. The van der Waals surface area contributed by atoms with E-state index in [1.165, 1.54) is 0 Å². The van der Waals surface area contributed by atoms with Crippen molar-refractivity contribution in [3.63, 3.8) is 0 Å². The molecule has 0 aromatic rings. The van der Waals surface area contributed by atoms with Crippen LogP contribution in [0.15, 0.2) is 0 Å². The first-order valence-corrected chi connectivity index (χ1v) is 11.5. The van der Waals surface area contributed by atoms with Gasteiger partial charge >= 0.3 is 59.1 Å². The van der Waals surface area contributed by atoms with E-state index in [0.29, 0.717) is 19.3 Å². The van der Waals surface area contributed by atoms with Crippen molar-refractivity contribution in [3.8, 4) is 0 Å². The van der Waals surface area contributed by atoms with Gasteiger partial charge in [0.05, 0.1) is 5.97 Å². The first kappa shape index (κ1) is 34.5. The fraction of sp³-hybridized carbons (Fsp3) is 0.895. The van der Waals surface area contributed by atoms with Crippen LogP contribution in [0.4, 0.5) is 0 Å². The van der Waals surface area contributed by atoms with E-state index in [-0.39, 0.29) is 72.0 Å². The monoisotopic (exact) mass is 452 g/mol. The van der Waals surface area contributed by atoms with Crippen molar-refractivity contribution >= 4 is 22.1 Å². The average Bonchev–Trinajstić information content (AvgIpc) is 2.56. The van der Waals surface area contributed by atoms with Gasteiger partial charge in [0, 0.05) is 11.9 Å². The van der Waals surface area contributed by atoms with Gasteiger partial charge in [-0.2, -0.15) is 8.42 Å². The van der Waals surface area contributed by atoms with Crippen LogP contribution >= 0.6 is 0 Å². The summed E-state index contributed by atoms with van der Waals surface area (Å²) in [7, 11) is -5.19. The summed E-state index contributed by atoms with van der Waals surface area (Å²) in [6.07, 6.45) is 7.96. The van der Waals surface area contributed by atoms with E-state index in [0.717, 1.165) is 44.9 Å². The predicted molar refractivity (Wildman–Crippen MR) is 99.2 cm³/mol. The van der Waals surface area contributed by atoms with Crippen LogP contribution in [0.3, 0.4) is 0 Å². The van der Waals surface area contributed by atoms with Gasteiger partial charge in [0.15, 0.2) is 0 Å². The summed E-state index contributed by atoms with van der Waals surface area (Å²) in [4.78, 5) is 23.3. The van der Waals surface area contributed by atoms with Crippen LogP contribution in [0.1, 0.15) is 97.3 Å². The molecular formula is C19H34Na2O7S. The van der Waals surface area contributed by atoms with Crippen LogP contribution < -0.4 is 69.3 Å².